The Balaban J connectivity index is 3.23. The van der Waals surface area contributed by atoms with Gasteiger partial charge >= 0.3 is 24.0 Å². The van der Waals surface area contributed by atoms with Gasteiger partial charge in [0.25, 0.3) is 5.91 Å². The Hall–Kier alpha value is -2.52. The lowest BCUT2D eigenvalue weighted by Gasteiger charge is -2.25. The van der Waals surface area contributed by atoms with Crippen molar-refractivity contribution in [1.82, 2.24) is 4.90 Å². The molecule has 2 amide bonds. The van der Waals surface area contributed by atoms with Crippen LogP contribution in [0.5, 0.6) is 0 Å². The lowest BCUT2D eigenvalue weighted by Crippen LogP contribution is -2.55. The molecule has 0 unspecified atom stereocenters. The lowest BCUT2D eigenvalue weighted by molar-refractivity contribution is -0.273. The molecule has 0 saturated carbocycles. The highest BCUT2D eigenvalue weighted by Gasteiger charge is 2.65. The number of methoxy groups -OCH3 is 1. The van der Waals surface area contributed by atoms with Gasteiger partial charge in [0.05, 0.1) is 7.11 Å². The van der Waals surface area contributed by atoms with Crippen molar-refractivity contribution < 1.29 is 41.1 Å². The Morgan fingerprint density at radius 1 is 1.04 bits per heavy atom. The van der Waals surface area contributed by atoms with Crippen LogP contribution in [0.1, 0.15) is 10.4 Å². The molecule has 0 aliphatic heterocycles. The Labute approximate surface area is 126 Å². The summed E-state index contributed by atoms with van der Waals surface area (Å²) in [5.74, 6) is -11.5. The van der Waals surface area contributed by atoms with Crippen LogP contribution in [-0.4, -0.2) is 48.4 Å². The number of imide groups is 1. The fraction of sp³-hybridized carbons (Fsp3) is 0.308. The van der Waals surface area contributed by atoms with Crippen molar-refractivity contribution in [3.8, 4) is 0 Å². The third-order valence-corrected chi connectivity index (χ3v) is 2.65. The number of rotatable bonds is 4. The summed E-state index contributed by atoms with van der Waals surface area (Å²) in [6.45, 7) is -1.38. The van der Waals surface area contributed by atoms with E-state index < -0.39 is 41.3 Å². The molecule has 1 aromatic rings. The average molecular weight is 339 g/mol. The quantitative estimate of drug-likeness (QED) is 0.622. The maximum atomic E-state index is 13.2. The van der Waals surface area contributed by atoms with Crippen LogP contribution < -0.4 is 0 Å². The van der Waals surface area contributed by atoms with Crippen LogP contribution in [0.3, 0.4) is 0 Å². The summed E-state index contributed by atoms with van der Waals surface area (Å²) in [5, 5.41) is 0. The van der Waals surface area contributed by atoms with E-state index in [1.54, 1.807) is 0 Å². The first kappa shape index (κ1) is 18.5. The van der Waals surface area contributed by atoms with Crippen LogP contribution in [0.2, 0.25) is 0 Å². The van der Waals surface area contributed by atoms with Crippen molar-refractivity contribution in [3.63, 3.8) is 0 Å². The van der Waals surface area contributed by atoms with Crippen LogP contribution in [0.15, 0.2) is 30.3 Å². The molecule has 0 fully saturated rings. The molecule has 0 heterocycles. The average Bonchev–Trinajstić information content (AvgIpc) is 2.50. The molecule has 23 heavy (non-hydrogen) atoms. The number of benzene rings is 1. The van der Waals surface area contributed by atoms with E-state index in [4.69, 9.17) is 0 Å². The predicted octanol–water partition coefficient (Wildman–Crippen LogP) is 2.03. The summed E-state index contributed by atoms with van der Waals surface area (Å²) in [6.07, 6.45) is -6.21. The highest BCUT2D eigenvalue weighted by atomic mass is 19.4. The number of carbonyl (C=O) groups excluding carboxylic acids is 3. The molecule has 0 radical (unpaired) electrons. The van der Waals surface area contributed by atoms with Gasteiger partial charge in [0.2, 0.25) is 0 Å². The van der Waals surface area contributed by atoms with Crippen LogP contribution in [0.25, 0.3) is 0 Å². The van der Waals surface area contributed by atoms with Crippen LogP contribution >= 0.6 is 0 Å². The van der Waals surface area contributed by atoms with Gasteiger partial charge in [-0.15, -0.1) is 0 Å². The fourth-order valence-electron chi connectivity index (χ4n) is 1.46. The summed E-state index contributed by atoms with van der Waals surface area (Å²) >= 11 is 0. The van der Waals surface area contributed by atoms with Crippen LogP contribution in [-0.2, 0) is 14.3 Å². The van der Waals surface area contributed by atoms with Crippen LogP contribution in [0.4, 0.5) is 22.0 Å². The monoisotopic (exact) mass is 339 g/mol. The lowest BCUT2D eigenvalue weighted by atomic mass is 10.1. The van der Waals surface area contributed by atoms with Crippen molar-refractivity contribution in [2.75, 3.05) is 13.7 Å². The number of hydrogen-bond donors (Lipinski definition) is 0. The van der Waals surface area contributed by atoms with E-state index in [2.05, 4.69) is 4.74 Å². The predicted molar refractivity (Wildman–Crippen MR) is 65.5 cm³/mol. The zero-order chi connectivity index (χ0) is 17.8. The van der Waals surface area contributed by atoms with Crippen molar-refractivity contribution in [2.24, 2.45) is 0 Å². The Kier molecular flexibility index (Phi) is 5.41. The van der Waals surface area contributed by atoms with Crippen molar-refractivity contribution in [3.05, 3.63) is 35.9 Å². The molecule has 0 spiro atoms. The van der Waals surface area contributed by atoms with Crippen molar-refractivity contribution >= 4 is 17.8 Å². The molecular formula is C13H10F5NO4. The zero-order valence-corrected chi connectivity index (χ0v) is 11.6. The third kappa shape index (κ3) is 4.02. The maximum absolute atomic E-state index is 13.2. The minimum absolute atomic E-state index is 0.345. The van der Waals surface area contributed by atoms with Gasteiger partial charge in [-0.3, -0.25) is 19.3 Å². The highest BCUT2D eigenvalue weighted by Crippen LogP contribution is 2.37. The van der Waals surface area contributed by atoms with Gasteiger partial charge in [0.1, 0.15) is 6.54 Å². The fourth-order valence-corrected chi connectivity index (χ4v) is 1.46. The molecule has 0 saturated heterocycles. The van der Waals surface area contributed by atoms with E-state index in [1.807, 2.05) is 0 Å². The van der Waals surface area contributed by atoms with E-state index >= 15 is 0 Å². The number of esters is 1. The van der Waals surface area contributed by atoms with E-state index in [1.165, 1.54) is 18.2 Å². The van der Waals surface area contributed by atoms with Gasteiger partial charge in [-0.1, -0.05) is 18.2 Å². The molecular weight excluding hydrogens is 329 g/mol. The summed E-state index contributed by atoms with van der Waals surface area (Å²) in [6, 6.07) is 6.23. The maximum Gasteiger partial charge on any atom is 0.463 e. The zero-order valence-electron chi connectivity index (χ0n) is 11.6. The number of alkyl halides is 5. The van der Waals surface area contributed by atoms with Gasteiger partial charge < -0.3 is 4.74 Å². The van der Waals surface area contributed by atoms with Gasteiger partial charge in [-0.2, -0.15) is 22.0 Å². The molecule has 5 nitrogen and oxygen atoms in total. The molecule has 1 rings (SSSR count). The second-order valence-electron chi connectivity index (χ2n) is 4.21. The number of nitrogens with zero attached hydrogens (tertiary/aromatic N) is 1. The Morgan fingerprint density at radius 3 is 2.00 bits per heavy atom. The largest absolute Gasteiger partial charge is 0.468 e. The molecule has 1 aromatic carbocycles. The summed E-state index contributed by atoms with van der Waals surface area (Å²) in [4.78, 5) is 34.2. The first-order valence-electron chi connectivity index (χ1n) is 5.95. The van der Waals surface area contributed by atoms with Gasteiger partial charge in [-0.25, -0.2) is 0 Å². The van der Waals surface area contributed by atoms with Gasteiger partial charge in [-0.05, 0) is 12.1 Å². The molecule has 0 aliphatic rings. The third-order valence-electron chi connectivity index (χ3n) is 2.65. The molecule has 10 heteroatoms. The smallest absolute Gasteiger partial charge is 0.463 e. The number of ether oxygens (including phenoxy) is 1. The minimum Gasteiger partial charge on any atom is -0.468 e. The number of halogens is 5. The second-order valence-corrected chi connectivity index (χ2v) is 4.21. The standard InChI is InChI=1S/C13H10F5NO4/c1-23-9(20)7-19(10(21)8-5-3-2-4-6-8)11(22)12(14,15)13(16,17)18/h2-6H,7H2,1H3. The first-order valence-corrected chi connectivity index (χ1v) is 5.95. The van der Waals surface area contributed by atoms with Crippen molar-refractivity contribution in [1.29, 1.82) is 0 Å². The molecule has 126 valence electrons. The SMILES string of the molecule is COC(=O)CN(C(=O)c1ccccc1)C(=O)C(F)(F)C(F)(F)F. The van der Waals surface area contributed by atoms with Gasteiger partial charge in [0, 0.05) is 5.56 Å². The number of hydrogen-bond acceptors (Lipinski definition) is 4. The highest BCUT2D eigenvalue weighted by molar-refractivity contribution is 6.08. The Morgan fingerprint density at radius 2 is 1.57 bits per heavy atom. The molecule has 0 aliphatic carbocycles. The molecule has 0 atom stereocenters. The van der Waals surface area contributed by atoms with Crippen molar-refractivity contribution in [2.45, 2.75) is 12.1 Å². The number of amides is 2. The molecule has 0 N–H and O–H groups in total. The summed E-state index contributed by atoms with van der Waals surface area (Å²) in [5.41, 5.74) is -0.345. The van der Waals surface area contributed by atoms with E-state index in [0.717, 1.165) is 19.2 Å². The van der Waals surface area contributed by atoms with E-state index in [-0.39, 0.29) is 5.56 Å². The normalized spacial score (nSPS) is 11.7. The molecule has 0 bridgehead atoms. The van der Waals surface area contributed by atoms with E-state index in [0.29, 0.717) is 0 Å². The Bertz CT molecular complexity index is 600. The number of carbonyl (C=O) groups is 3. The second kappa shape index (κ2) is 6.71. The van der Waals surface area contributed by atoms with Crippen LogP contribution in [0, 0.1) is 0 Å². The molecule has 0 aromatic heterocycles. The van der Waals surface area contributed by atoms with Gasteiger partial charge in [0.15, 0.2) is 0 Å². The van der Waals surface area contributed by atoms with E-state index in [9.17, 15) is 36.3 Å². The minimum atomic E-state index is -6.21. The summed E-state index contributed by atoms with van der Waals surface area (Å²) < 4.78 is 67.4. The summed E-state index contributed by atoms with van der Waals surface area (Å²) in [7, 11) is 0.819. The first-order chi connectivity index (χ1) is 10.5. The topological polar surface area (TPSA) is 63.7 Å².